The third kappa shape index (κ3) is 2.80. The molecule has 3 rings (SSSR count). The van der Waals surface area contributed by atoms with Gasteiger partial charge in [0.05, 0.1) is 17.3 Å². The first-order valence-corrected chi connectivity index (χ1v) is 7.70. The van der Waals surface area contributed by atoms with Crippen molar-refractivity contribution in [2.45, 2.75) is 12.0 Å². The number of cyclic esters (lactones) is 1. The van der Waals surface area contributed by atoms with Crippen LogP contribution in [0.3, 0.4) is 0 Å². The topological polar surface area (TPSA) is 66.2 Å². The van der Waals surface area contributed by atoms with Crippen molar-refractivity contribution in [3.63, 3.8) is 0 Å². The summed E-state index contributed by atoms with van der Waals surface area (Å²) < 4.78 is 44.6. The van der Waals surface area contributed by atoms with Gasteiger partial charge in [-0.25, -0.2) is 27.8 Å². The van der Waals surface area contributed by atoms with Gasteiger partial charge in [0.25, 0.3) is 5.92 Å². The van der Waals surface area contributed by atoms with Gasteiger partial charge in [-0.15, -0.1) is 11.3 Å². The fourth-order valence-corrected chi connectivity index (χ4v) is 3.13. The summed E-state index contributed by atoms with van der Waals surface area (Å²) in [6, 6.07) is 6.77. The van der Waals surface area contributed by atoms with Crippen molar-refractivity contribution in [1.82, 2.24) is 4.98 Å². The van der Waals surface area contributed by atoms with Gasteiger partial charge < -0.3 is 4.74 Å². The number of anilines is 1. The van der Waals surface area contributed by atoms with Crippen molar-refractivity contribution in [2.75, 3.05) is 18.2 Å². The summed E-state index contributed by atoms with van der Waals surface area (Å²) in [6.45, 7) is -2.49. The van der Waals surface area contributed by atoms with E-state index >= 15 is 0 Å². The lowest BCUT2D eigenvalue weighted by atomic mass is 10.1. The molecule has 2 heterocycles. The van der Waals surface area contributed by atoms with E-state index in [1.165, 1.54) is 0 Å². The molecule has 9 heteroatoms. The van der Waals surface area contributed by atoms with Crippen molar-refractivity contribution >= 4 is 22.6 Å². The molecule has 1 aliphatic heterocycles. The highest BCUT2D eigenvalue weighted by molar-refractivity contribution is 7.14. The Morgan fingerprint density at radius 1 is 1.42 bits per heavy atom. The van der Waals surface area contributed by atoms with E-state index < -0.39 is 31.3 Å². The number of alkyl halides is 3. The summed E-state index contributed by atoms with van der Waals surface area (Å²) in [4.78, 5) is 16.6. The summed E-state index contributed by atoms with van der Waals surface area (Å²) in [6.07, 6.45) is -0.978. The predicted molar refractivity (Wildman–Crippen MR) is 80.8 cm³/mol. The van der Waals surface area contributed by atoms with Gasteiger partial charge in [0, 0.05) is 10.9 Å². The number of nitrogens with zero attached hydrogens (tertiary/aromatic N) is 3. The average molecular weight is 353 g/mol. The number of halogens is 3. The number of rotatable bonds is 4. The van der Waals surface area contributed by atoms with Crippen LogP contribution >= 0.6 is 11.3 Å². The second-order valence-electron chi connectivity index (χ2n) is 5.06. The Bertz CT molecular complexity index is 801. The molecule has 5 nitrogen and oxygen atoms in total. The third-order valence-corrected chi connectivity index (χ3v) is 4.39. The molecule has 124 valence electrons. The van der Waals surface area contributed by atoms with E-state index in [-0.39, 0.29) is 5.13 Å². The zero-order valence-corrected chi connectivity index (χ0v) is 12.9. The summed E-state index contributed by atoms with van der Waals surface area (Å²) in [5, 5.41) is 10.4. The van der Waals surface area contributed by atoms with Gasteiger partial charge in [-0.3, -0.25) is 0 Å². The van der Waals surface area contributed by atoms with Gasteiger partial charge in [-0.05, 0) is 12.1 Å². The Balaban J connectivity index is 1.91. The molecule has 1 aromatic heterocycles. The number of aromatic nitrogens is 1. The quantitative estimate of drug-likeness (QED) is 0.842. The molecule has 1 fully saturated rings. The number of thiazole rings is 1. The second kappa shape index (κ2) is 6.13. The first-order chi connectivity index (χ1) is 11.5. The Labute approximate surface area is 138 Å². The minimum atomic E-state index is -3.72. The van der Waals surface area contributed by atoms with Crippen LogP contribution in [0.15, 0.2) is 29.6 Å². The SMILES string of the molecule is N#Cc1ccc(-c2csc(N3C(=O)OC[C@H]3C(F)(F)CF)n2)cc1. The molecule has 0 aliphatic carbocycles. The lowest BCUT2D eigenvalue weighted by Crippen LogP contribution is -2.48. The molecule has 0 radical (unpaired) electrons. The summed E-state index contributed by atoms with van der Waals surface area (Å²) in [5.74, 6) is -3.72. The van der Waals surface area contributed by atoms with E-state index in [9.17, 15) is 18.0 Å². The normalized spacial score (nSPS) is 17.7. The monoisotopic (exact) mass is 353 g/mol. The Morgan fingerprint density at radius 3 is 2.75 bits per heavy atom. The minimum absolute atomic E-state index is 0.00925. The summed E-state index contributed by atoms with van der Waals surface area (Å²) >= 11 is 0.979. The highest BCUT2D eigenvalue weighted by Gasteiger charge is 2.51. The van der Waals surface area contributed by atoms with Crippen LogP contribution in [0, 0.1) is 11.3 Å². The molecule has 1 saturated heterocycles. The summed E-state index contributed by atoms with van der Waals surface area (Å²) in [7, 11) is 0. The Hall–Kier alpha value is -2.60. The number of hydrogen-bond donors (Lipinski definition) is 0. The molecule has 1 amide bonds. The van der Waals surface area contributed by atoms with Crippen LogP contribution in [0.2, 0.25) is 0 Å². The highest BCUT2D eigenvalue weighted by atomic mass is 32.1. The molecular formula is C15H10F3N3O2S. The first-order valence-electron chi connectivity index (χ1n) is 6.82. The fourth-order valence-electron chi connectivity index (χ4n) is 2.26. The zero-order chi connectivity index (χ0) is 17.3. The molecule has 0 unspecified atom stereocenters. The molecule has 0 spiro atoms. The van der Waals surface area contributed by atoms with Crippen molar-refractivity contribution in [3.05, 3.63) is 35.2 Å². The van der Waals surface area contributed by atoms with Gasteiger partial charge in [-0.2, -0.15) is 5.26 Å². The number of amides is 1. The molecule has 1 aromatic carbocycles. The third-order valence-electron chi connectivity index (χ3n) is 3.55. The highest BCUT2D eigenvalue weighted by Crippen LogP contribution is 2.36. The lowest BCUT2D eigenvalue weighted by molar-refractivity contribution is -0.0474. The molecular weight excluding hydrogens is 343 g/mol. The van der Waals surface area contributed by atoms with Gasteiger partial charge in [0.15, 0.2) is 11.8 Å². The number of hydrogen-bond acceptors (Lipinski definition) is 5. The minimum Gasteiger partial charge on any atom is -0.447 e. The maximum Gasteiger partial charge on any atom is 0.416 e. The fraction of sp³-hybridized carbons (Fsp3) is 0.267. The molecule has 0 N–H and O–H groups in total. The first kappa shape index (κ1) is 16.3. The van der Waals surface area contributed by atoms with Crippen LogP contribution in [-0.4, -0.2) is 36.3 Å². The average Bonchev–Trinajstić information content (AvgIpc) is 3.21. The van der Waals surface area contributed by atoms with E-state index in [0.717, 1.165) is 11.3 Å². The van der Waals surface area contributed by atoms with E-state index in [0.29, 0.717) is 21.7 Å². The molecule has 24 heavy (non-hydrogen) atoms. The second-order valence-corrected chi connectivity index (χ2v) is 5.90. The van der Waals surface area contributed by atoms with Crippen LogP contribution in [0.25, 0.3) is 11.3 Å². The smallest absolute Gasteiger partial charge is 0.416 e. The standard InChI is InChI=1S/C15H10F3N3O2S/c16-8-15(17,18)12-6-23-14(22)21(12)13-20-11(7-24-13)10-3-1-9(5-19)2-4-10/h1-4,7,12H,6,8H2/t12-/m0/s1. The van der Waals surface area contributed by atoms with E-state index in [4.69, 9.17) is 5.26 Å². The molecule has 1 aliphatic rings. The van der Waals surface area contributed by atoms with Crippen molar-refractivity contribution < 1.29 is 22.7 Å². The van der Waals surface area contributed by atoms with E-state index in [1.54, 1.807) is 29.6 Å². The largest absolute Gasteiger partial charge is 0.447 e. The Morgan fingerprint density at radius 2 is 2.12 bits per heavy atom. The van der Waals surface area contributed by atoms with Gasteiger partial charge in [-0.1, -0.05) is 12.1 Å². The number of ether oxygens (including phenoxy) is 1. The molecule has 0 bridgehead atoms. The number of carbonyl (C=O) groups is 1. The van der Waals surface area contributed by atoms with E-state index in [1.807, 2.05) is 6.07 Å². The lowest BCUT2D eigenvalue weighted by Gasteiger charge is -2.24. The van der Waals surface area contributed by atoms with Gasteiger partial charge in [0.2, 0.25) is 0 Å². The van der Waals surface area contributed by atoms with E-state index in [2.05, 4.69) is 9.72 Å². The van der Waals surface area contributed by atoms with Gasteiger partial charge >= 0.3 is 6.09 Å². The van der Waals surface area contributed by atoms with Crippen LogP contribution < -0.4 is 4.90 Å². The summed E-state index contributed by atoms with van der Waals surface area (Å²) in [5.41, 5.74) is 1.60. The number of nitriles is 1. The number of carbonyl (C=O) groups excluding carboxylic acids is 1. The van der Waals surface area contributed by atoms with Crippen molar-refractivity contribution in [2.24, 2.45) is 0 Å². The number of benzene rings is 1. The molecule has 1 atom stereocenters. The maximum atomic E-state index is 13.7. The van der Waals surface area contributed by atoms with Crippen LogP contribution in [-0.2, 0) is 4.74 Å². The van der Waals surface area contributed by atoms with Crippen LogP contribution in [0.5, 0.6) is 0 Å². The van der Waals surface area contributed by atoms with Crippen LogP contribution in [0.4, 0.5) is 23.1 Å². The van der Waals surface area contributed by atoms with Crippen molar-refractivity contribution in [3.8, 4) is 17.3 Å². The predicted octanol–water partition coefficient (Wildman–Crippen LogP) is 3.61. The molecule has 2 aromatic rings. The van der Waals surface area contributed by atoms with Crippen molar-refractivity contribution in [1.29, 1.82) is 5.26 Å². The Kier molecular flexibility index (Phi) is 4.15. The van der Waals surface area contributed by atoms with Crippen LogP contribution in [0.1, 0.15) is 5.56 Å². The maximum absolute atomic E-state index is 13.7. The zero-order valence-electron chi connectivity index (χ0n) is 12.1. The molecule has 0 saturated carbocycles. The van der Waals surface area contributed by atoms with Gasteiger partial charge in [0.1, 0.15) is 12.6 Å².